The minimum absolute atomic E-state index is 0.173. The number of aryl methyl sites for hydroxylation is 2. The van der Waals surface area contributed by atoms with Crippen LogP contribution in [0.15, 0.2) is 47.1 Å². The largest absolute Gasteiger partial charge is 0.454 e. The van der Waals surface area contributed by atoms with Crippen LogP contribution in [0.25, 0.3) is 0 Å². The van der Waals surface area contributed by atoms with Crippen LogP contribution in [-0.2, 0) is 13.1 Å². The lowest BCUT2D eigenvalue weighted by Crippen LogP contribution is -2.12. The smallest absolute Gasteiger partial charge is 0.293 e. The molecule has 0 saturated heterocycles. The molecule has 3 aromatic heterocycles. The fraction of sp³-hybridized carbons (Fsp3) is 0.200. The lowest BCUT2D eigenvalue weighted by molar-refractivity contribution is 0.0993. The minimum atomic E-state index is -0.429. The minimum Gasteiger partial charge on any atom is -0.454 e. The fourth-order valence-corrected chi connectivity index (χ4v) is 3.30. The molecule has 1 aromatic carbocycles. The topological polar surface area (TPSA) is 90.8 Å². The van der Waals surface area contributed by atoms with E-state index in [0.717, 1.165) is 17.0 Å². The van der Waals surface area contributed by atoms with Crippen molar-refractivity contribution in [2.45, 2.75) is 26.9 Å². The number of nitrogens with one attached hydrogen (secondary N) is 1. The third-order valence-electron chi connectivity index (χ3n) is 4.38. The predicted molar refractivity (Wildman–Crippen MR) is 113 cm³/mol. The number of anilines is 1. The van der Waals surface area contributed by atoms with Crippen LogP contribution < -0.4 is 5.32 Å². The molecule has 0 aliphatic carbocycles. The normalized spacial score (nSPS) is 11.1. The maximum atomic E-state index is 12.5. The molecule has 0 aliphatic rings. The van der Waals surface area contributed by atoms with E-state index >= 15 is 0 Å². The molecule has 8 nitrogen and oxygen atoms in total. The Labute approximate surface area is 182 Å². The van der Waals surface area contributed by atoms with Crippen molar-refractivity contribution in [3.63, 3.8) is 0 Å². The van der Waals surface area contributed by atoms with E-state index in [1.54, 1.807) is 28.9 Å². The lowest BCUT2D eigenvalue weighted by Gasteiger charge is -2.03. The number of nitrogens with zero attached hydrogens (tertiary/aromatic N) is 5. The van der Waals surface area contributed by atoms with E-state index in [0.29, 0.717) is 28.9 Å². The van der Waals surface area contributed by atoms with Crippen LogP contribution in [0.1, 0.15) is 33.3 Å². The van der Waals surface area contributed by atoms with Crippen molar-refractivity contribution in [3.05, 3.63) is 81.2 Å². The Morgan fingerprint density at radius 2 is 1.90 bits per heavy atom. The van der Waals surface area contributed by atoms with Gasteiger partial charge in [0.05, 0.1) is 28.8 Å². The predicted octanol–water partition coefficient (Wildman–Crippen LogP) is 4.34. The Hall–Kier alpha value is -3.10. The monoisotopic (exact) mass is 444 g/mol. The van der Waals surface area contributed by atoms with Crippen molar-refractivity contribution in [1.82, 2.24) is 24.5 Å². The summed E-state index contributed by atoms with van der Waals surface area (Å²) in [6.07, 6.45) is 1.52. The second-order valence-electron chi connectivity index (χ2n) is 6.82. The summed E-state index contributed by atoms with van der Waals surface area (Å²) in [5.74, 6) is 0.551. The van der Waals surface area contributed by atoms with E-state index in [9.17, 15) is 4.79 Å². The molecule has 0 unspecified atom stereocenters. The Morgan fingerprint density at radius 1 is 1.07 bits per heavy atom. The summed E-state index contributed by atoms with van der Waals surface area (Å²) in [6, 6.07) is 10.7. The summed E-state index contributed by atoms with van der Waals surface area (Å²) < 4.78 is 9.06. The highest BCUT2D eigenvalue weighted by Gasteiger charge is 2.15. The third kappa shape index (κ3) is 4.55. The number of halogens is 2. The number of benzene rings is 1. The summed E-state index contributed by atoms with van der Waals surface area (Å²) in [7, 11) is 0. The number of amides is 1. The van der Waals surface area contributed by atoms with Crippen LogP contribution in [0, 0.1) is 13.8 Å². The summed E-state index contributed by atoms with van der Waals surface area (Å²) in [4.78, 5) is 16.6. The molecule has 0 fully saturated rings. The van der Waals surface area contributed by atoms with Gasteiger partial charge in [0.15, 0.2) is 5.76 Å². The van der Waals surface area contributed by atoms with Crippen LogP contribution in [0.5, 0.6) is 0 Å². The first-order valence-electron chi connectivity index (χ1n) is 9.12. The molecule has 3 heterocycles. The first kappa shape index (κ1) is 20.2. The number of carbonyl (C=O) groups excluding carboxylic acids is 1. The van der Waals surface area contributed by atoms with E-state index in [2.05, 4.69) is 20.5 Å². The van der Waals surface area contributed by atoms with Crippen molar-refractivity contribution in [1.29, 1.82) is 0 Å². The standard InChI is InChI=1S/C20H18Cl2N6O2/c1-12-7-13(2)28(25-12)10-15-4-6-18(30-15)19(29)24-20-23-11-27(26-20)9-14-3-5-16(21)17(22)8-14/h3-8,11H,9-10H2,1-2H3,(H,24,26,29). The molecule has 0 radical (unpaired) electrons. The Kier molecular flexibility index (Phi) is 5.61. The van der Waals surface area contributed by atoms with Crippen molar-refractivity contribution in [2.24, 2.45) is 0 Å². The molecule has 10 heteroatoms. The van der Waals surface area contributed by atoms with Crippen molar-refractivity contribution in [2.75, 3.05) is 5.32 Å². The van der Waals surface area contributed by atoms with Gasteiger partial charge in [-0.15, -0.1) is 5.10 Å². The van der Waals surface area contributed by atoms with Gasteiger partial charge in [-0.2, -0.15) is 5.10 Å². The maximum Gasteiger partial charge on any atom is 0.293 e. The Bertz CT molecular complexity index is 1210. The molecule has 30 heavy (non-hydrogen) atoms. The third-order valence-corrected chi connectivity index (χ3v) is 5.12. The molecule has 4 aromatic rings. The van der Waals surface area contributed by atoms with Gasteiger partial charge in [-0.1, -0.05) is 29.3 Å². The van der Waals surface area contributed by atoms with Crippen LogP contribution in [0.3, 0.4) is 0 Å². The number of hydrogen-bond acceptors (Lipinski definition) is 5. The number of aromatic nitrogens is 5. The highest BCUT2D eigenvalue weighted by atomic mass is 35.5. The zero-order valence-corrected chi connectivity index (χ0v) is 17.8. The zero-order chi connectivity index (χ0) is 21.3. The van der Waals surface area contributed by atoms with Gasteiger partial charge in [0.2, 0.25) is 5.95 Å². The molecule has 1 amide bonds. The second kappa shape index (κ2) is 8.33. The number of carbonyl (C=O) groups is 1. The van der Waals surface area contributed by atoms with Gasteiger partial charge in [0, 0.05) is 5.69 Å². The van der Waals surface area contributed by atoms with Crippen LogP contribution in [0.2, 0.25) is 10.0 Å². The van der Waals surface area contributed by atoms with Gasteiger partial charge in [0.25, 0.3) is 5.91 Å². The molecule has 0 saturated carbocycles. The van der Waals surface area contributed by atoms with Crippen molar-refractivity contribution in [3.8, 4) is 0 Å². The Balaban J connectivity index is 1.39. The van der Waals surface area contributed by atoms with E-state index < -0.39 is 5.91 Å². The van der Waals surface area contributed by atoms with E-state index in [1.807, 2.05) is 30.7 Å². The van der Waals surface area contributed by atoms with Crippen molar-refractivity contribution < 1.29 is 9.21 Å². The lowest BCUT2D eigenvalue weighted by atomic mass is 10.2. The summed E-state index contributed by atoms with van der Waals surface area (Å²) in [5.41, 5.74) is 2.86. The van der Waals surface area contributed by atoms with Crippen LogP contribution in [0.4, 0.5) is 5.95 Å². The second-order valence-corrected chi connectivity index (χ2v) is 7.63. The molecule has 1 N–H and O–H groups in total. The van der Waals surface area contributed by atoms with Gasteiger partial charge < -0.3 is 4.42 Å². The summed E-state index contributed by atoms with van der Waals surface area (Å²) >= 11 is 12.0. The van der Waals surface area contributed by atoms with E-state index in [1.165, 1.54) is 6.33 Å². The number of furan rings is 1. The average Bonchev–Trinajstić information content (AvgIpc) is 3.40. The Morgan fingerprint density at radius 3 is 2.63 bits per heavy atom. The molecule has 4 rings (SSSR count). The highest BCUT2D eigenvalue weighted by Crippen LogP contribution is 2.23. The van der Waals surface area contributed by atoms with Gasteiger partial charge in [-0.05, 0) is 49.7 Å². The molecular weight excluding hydrogens is 427 g/mol. The summed E-state index contributed by atoms with van der Waals surface area (Å²) in [6.45, 7) is 4.78. The number of rotatable bonds is 6. The van der Waals surface area contributed by atoms with E-state index in [-0.39, 0.29) is 11.7 Å². The average molecular weight is 445 g/mol. The molecule has 0 bridgehead atoms. The summed E-state index contributed by atoms with van der Waals surface area (Å²) in [5, 5.41) is 12.2. The van der Waals surface area contributed by atoms with Gasteiger partial charge >= 0.3 is 0 Å². The SMILES string of the molecule is Cc1cc(C)n(Cc2ccc(C(=O)Nc3ncn(Cc4ccc(Cl)c(Cl)c4)n3)o2)n1. The molecule has 0 spiro atoms. The van der Waals surface area contributed by atoms with Gasteiger partial charge in [0.1, 0.15) is 12.1 Å². The molecule has 154 valence electrons. The maximum absolute atomic E-state index is 12.5. The quantitative estimate of drug-likeness (QED) is 0.477. The van der Waals surface area contributed by atoms with Crippen LogP contribution in [-0.4, -0.2) is 30.5 Å². The van der Waals surface area contributed by atoms with Gasteiger partial charge in [-0.25, -0.2) is 9.67 Å². The van der Waals surface area contributed by atoms with Gasteiger partial charge in [-0.3, -0.25) is 14.8 Å². The van der Waals surface area contributed by atoms with E-state index in [4.69, 9.17) is 27.6 Å². The first-order valence-corrected chi connectivity index (χ1v) is 9.87. The van der Waals surface area contributed by atoms with Crippen LogP contribution >= 0.6 is 23.2 Å². The van der Waals surface area contributed by atoms with Crippen molar-refractivity contribution >= 4 is 35.1 Å². The highest BCUT2D eigenvalue weighted by molar-refractivity contribution is 6.42. The fourth-order valence-electron chi connectivity index (χ4n) is 2.98. The molecular formula is C20H18Cl2N6O2. The number of hydrogen-bond donors (Lipinski definition) is 1. The molecule has 0 atom stereocenters. The molecule has 0 aliphatic heterocycles. The first-order chi connectivity index (χ1) is 14.4. The zero-order valence-electron chi connectivity index (χ0n) is 16.3.